The van der Waals surface area contributed by atoms with Crippen molar-refractivity contribution in [2.24, 2.45) is 0 Å². The Labute approximate surface area is 118 Å². The van der Waals surface area contributed by atoms with Gasteiger partial charge in [-0.25, -0.2) is 0 Å². The Hall–Kier alpha value is -2.47. The molecule has 0 fully saturated rings. The van der Waals surface area contributed by atoms with E-state index in [1.54, 1.807) is 24.5 Å². The van der Waals surface area contributed by atoms with Crippen LogP contribution in [0.3, 0.4) is 0 Å². The van der Waals surface area contributed by atoms with Crippen molar-refractivity contribution in [3.05, 3.63) is 64.5 Å². The molecule has 3 heteroatoms. The van der Waals surface area contributed by atoms with Crippen LogP contribution in [0.2, 0.25) is 0 Å². The van der Waals surface area contributed by atoms with Crippen LogP contribution in [0, 0.1) is 32.1 Å². The smallest absolute Gasteiger partial charge is 0.184 e. The van der Waals surface area contributed by atoms with Gasteiger partial charge in [0.2, 0.25) is 0 Å². The Morgan fingerprint density at radius 1 is 1.15 bits per heavy atom. The molecule has 0 saturated heterocycles. The van der Waals surface area contributed by atoms with Gasteiger partial charge in [0, 0.05) is 18.0 Å². The molecule has 0 aliphatic heterocycles. The second-order valence-electron chi connectivity index (χ2n) is 4.98. The lowest BCUT2D eigenvalue weighted by Gasteiger charge is -2.14. The lowest BCUT2D eigenvalue weighted by Crippen LogP contribution is -2.14. The zero-order valence-electron chi connectivity index (χ0n) is 11.8. The number of aryl methyl sites for hydroxylation is 3. The highest BCUT2D eigenvalue weighted by Gasteiger charge is 2.24. The van der Waals surface area contributed by atoms with Gasteiger partial charge in [0.25, 0.3) is 0 Å². The minimum absolute atomic E-state index is 0.145. The summed E-state index contributed by atoms with van der Waals surface area (Å²) < 4.78 is 0. The van der Waals surface area contributed by atoms with Crippen LogP contribution >= 0.6 is 0 Å². The molecule has 1 unspecified atom stereocenters. The molecule has 0 spiro atoms. The topological polar surface area (TPSA) is 53.8 Å². The number of ketones is 1. The summed E-state index contributed by atoms with van der Waals surface area (Å²) in [5.74, 6) is -0.924. The summed E-state index contributed by atoms with van der Waals surface area (Å²) >= 11 is 0. The standard InChI is InChI=1S/C17H16N2O/c1-11-8-12(2)16(13(3)9-11)17(20)15(10-18)14-4-6-19-7-5-14/h4-9,15H,1-3H3. The van der Waals surface area contributed by atoms with Crippen molar-refractivity contribution in [1.82, 2.24) is 4.98 Å². The third kappa shape index (κ3) is 2.60. The van der Waals surface area contributed by atoms with Gasteiger partial charge < -0.3 is 0 Å². The van der Waals surface area contributed by atoms with Gasteiger partial charge in [-0.2, -0.15) is 5.26 Å². The number of nitrogens with zero attached hydrogens (tertiary/aromatic N) is 2. The Bertz CT molecular complexity index is 661. The van der Waals surface area contributed by atoms with E-state index >= 15 is 0 Å². The third-order valence-corrected chi connectivity index (χ3v) is 3.35. The molecule has 1 aromatic carbocycles. The number of hydrogen-bond acceptors (Lipinski definition) is 3. The van der Waals surface area contributed by atoms with Gasteiger partial charge in [0.05, 0.1) is 6.07 Å². The minimum Gasteiger partial charge on any atom is -0.292 e. The second-order valence-corrected chi connectivity index (χ2v) is 4.98. The number of aromatic nitrogens is 1. The van der Waals surface area contributed by atoms with Crippen molar-refractivity contribution < 1.29 is 4.79 Å². The molecule has 0 saturated carbocycles. The normalized spacial score (nSPS) is 11.7. The predicted molar refractivity (Wildman–Crippen MR) is 77.6 cm³/mol. The highest BCUT2D eigenvalue weighted by atomic mass is 16.1. The molecule has 0 bridgehead atoms. The maximum Gasteiger partial charge on any atom is 0.184 e. The molecular weight excluding hydrogens is 248 g/mol. The molecule has 2 aromatic rings. The maximum atomic E-state index is 12.7. The SMILES string of the molecule is Cc1cc(C)c(C(=O)C(C#N)c2ccncc2)c(C)c1. The van der Waals surface area contributed by atoms with Gasteiger partial charge in [0.1, 0.15) is 5.92 Å². The van der Waals surface area contributed by atoms with Crippen LogP contribution in [0.25, 0.3) is 0 Å². The molecule has 0 N–H and O–H groups in total. The van der Waals surface area contributed by atoms with E-state index in [-0.39, 0.29) is 5.78 Å². The fourth-order valence-corrected chi connectivity index (χ4v) is 2.55. The molecule has 1 atom stereocenters. The molecule has 100 valence electrons. The van der Waals surface area contributed by atoms with Gasteiger partial charge in [-0.05, 0) is 49.6 Å². The molecule has 20 heavy (non-hydrogen) atoms. The van der Waals surface area contributed by atoms with E-state index in [9.17, 15) is 10.1 Å². The summed E-state index contributed by atoms with van der Waals surface area (Å²) in [5.41, 5.74) is 4.29. The molecule has 2 rings (SSSR count). The first-order chi connectivity index (χ1) is 9.54. The number of nitriles is 1. The van der Waals surface area contributed by atoms with E-state index in [1.165, 1.54) is 0 Å². The summed E-state index contributed by atoms with van der Waals surface area (Å²) in [6.45, 7) is 5.82. The largest absolute Gasteiger partial charge is 0.292 e. The van der Waals surface area contributed by atoms with Crippen LogP contribution in [-0.2, 0) is 0 Å². The molecule has 1 heterocycles. The predicted octanol–water partition coefficient (Wildman–Crippen LogP) is 3.50. The molecule has 0 amide bonds. The maximum absolute atomic E-state index is 12.7. The van der Waals surface area contributed by atoms with Crippen LogP contribution in [0.5, 0.6) is 0 Å². The van der Waals surface area contributed by atoms with Crippen LogP contribution in [0.4, 0.5) is 0 Å². The Morgan fingerprint density at radius 3 is 2.20 bits per heavy atom. The van der Waals surface area contributed by atoms with E-state index in [0.29, 0.717) is 11.1 Å². The average molecular weight is 264 g/mol. The van der Waals surface area contributed by atoms with Crippen molar-refractivity contribution >= 4 is 5.78 Å². The van der Waals surface area contributed by atoms with E-state index in [2.05, 4.69) is 11.1 Å². The Balaban J connectivity index is 2.48. The molecule has 1 aromatic heterocycles. The van der Waals surface area contributed by atoms with Gasteiger partial charge >= 0.3 is 0 Å². The average Bonchev–Trinajstić information content (AvgIpc) is 2.39. The number of benzene rings is 1. The Kier molecular flexibility index (Phi) is 3.95. The van der Waals surface area contributed by atoms with Crippen molar-refractivity contribution in [2.75, 3.05) is 0 Å². The summed E-state index contributed by atoms with van der Waals surface area (Å²) in [4.78, 5) is 16.6. The van der Waals surface area contributed by atoms with E-state index in [0.717, 1.165) is 16.7 Å². The molecule has 3 nitrogen and oxygen atoms in total. The highest BCUT2D eigenvalue weighted by Crippen LogP contribution is 2.25. The van der Waals surface area contributed by atoms with E-state index < -0.39 is 5.92 Å². The van der Waals surface area contributed by atoms with Crippen molar-refractivity contribution in [1.29, 1.82) is 5.26 Å². The van der Waals surface area contributed by atoms with Gasteiger partial charge in [-0.3, -0.25) is 9.78 Å². The minimum atomic E-state index is -0.780. The van der Waals surface area contributed by atoms with Gasteiger partial charge in [-0.15, -0.1) is 0 Å². The highest BCUT2D eigenvalue weighted by molar-refractivity contribution is 6.05. The molecule has 0 aliphatic carbocycles. The number of Topliss-reactive ketones (excluding diaryl/α,β-unsaturated/α-hetero) is 1. The van der Waals surface area contributed by atoms with Crippen molar-refractivity contribution in [2.45, 2.75) is 26.7 Å². The second kappa shape index (κ2) is 5.66. The summed E-state index contributed by atoms with van der Waals surface area (Å²) in [6.07, 6.45) is 3.20. The lowest BCUT2D eigenvalue weighted by molar-refractivity contribution is 0.0977. The van der Waals surface area contributed by atoms with Crippen LogP contribution in [0.1, 0.15) is 38.5 Å². The summed E-state index contributed by atoms with van der Waals surface area (Å²) in [5, 5.41) is 9.36. The number of pyridine rings is 1. The quantitative estimate of drug-likeness (QED) is 0.797. The Morgan fingerprint density at radius 2 is 1.70 bits per heavy atom. The molecular formula is C17H16N2O. The van der Waals surface area contributed by atoms with Crippen molar-refractivity contribution in [3.8, 4) is 6.07 Å². The number of hydrogen-bond donors (Lipinski definition) is 0. The number of carbonyl (C=O) groups excluding carboxylic acids is 1. The van der Waals surface area contributed by atoms with E-state index in [1.807, 2.05) is 32.9 Å². The van der Waals surface area contributed by atoms with Gasteiger partial charge in [-0.1, -0.05) is 17.7 Å². The third-order valence-electron chi connectivity index (χ3n) is 3.35. The fourth-order valence-electron chi connectivity index (χ4n) is 2.55. The zero-order chi connectivity index (χ0) is 14.7. The molecule has 0 aliphatic rings. The van der Waals surface area contributed by atoms with Crippen LogP contribution in [-0.4, -0.2) is 10.8 Å². The summed E-state index contributed by atoms with van der Waals surface area (Å²) in [6, 6.07) is 9.48. The monoisotopic (exact) mass is 264 g/mol. The summed E-state index contributed by atoms with van der Waals surface area (Å²) in [7, 11) is 0. The fraction of sp³-hybridized carbons (Fsp3) is 0.235. The first-order valence-corrected chi connectivity index (χ1v) is 6.46. The number of carbonyl (C=O) groups is 1. The van der Waals surface area contributed by atoms with Crippen molar-refractivity contribution in [3.63, 3.8) is 0 Å². The van der Waals surface area contributed by atoms with E-state index in [4.69, 9.17) is 0 Å². The molecule has 0 radical (unpaired) electrons. The zero-order valence-corrected chi connectivity index (χ0v) is 11.8. The van der Waals surface area contributed by atoms with Crippen LogP contribution < -0.4 is 0 Å². The first-order valence-electron chi connectivity index (χ1n) is 6.46. The van der Waals surface area contributed by atoms with Gasteiger partial charge in [0.15, 0.2) is 5.78 Å². The lowest BCUT2D eigenvalue weighted by atomic mass is 9.87. The first kappa shape index (κ1) is 14.0. The van der Waals surface area contributed by atoms with Crippen LogP contribution in [0.15, 0.2) is 36.7 Å². The number of rotatable bonds is 3.